The van der Waals surface area contributed by atoms with Crippen LogP contribution in [0, 0.1) is 0 Å². The summed E-state index contributed by atoms with van der Waals surface area (Å²) < 4.78 is 16.8. The van der Waals surface area contributed by atoms with Gasteiger partial charge in [0, 0.05) is 19.3 Å². The molecule has 0 amide bonds. The Bertz CT molecular complexity index is 1110. The molecule has 6 heteroatoms. The van der Waals surface area contributed by atoms with Crippen molar-refractivity contribution in [2.24, 2.45) is 0 Å². The Labute approximate surface area is 410 Å². The molecule has 0 aliphatic rings. The molecule has 0 aromatic carbocycles. The molecule has 6 nitrogen and oxygen atoms in total. The molecule has 386 valence electrons. The highest BCUT2D eigenvalue weighted by Crippen LogP contribution is 2.16. The van der Waals surface area contributed by atoms with E-state index in [0.29, 0.717) is 19.3 Å². The maximum Gasteiger partial charge on any atom is 0.306 e. The van der Waals surface area contributed by atoms with Crippen molar-refractivity contribution in [1.29, 1.82) is 0 Å². The first-order valence-corrected chi connectivity index (χ1v) is 29.0. The normalized spacial score (nSPS) is 12.2. The summed E-state index contributed by atoms with van der Waals surface area (Å²) in [6.45, 7) is 6.64. The highest BCUT2D eigenvalue weighted by atomic mass is 16.6. The Kier molecular flexibility index (Phi) is 53.2. The summed E-state index contributed by atoms with van der Waals surface area (Å²) in [6, 6.07) is 0. The first-order valence-electron chi connectivity index (χ1n) is 29.0. The van der Waals surface area contributed by atoms with E-state index in [1.54, 1.807) is 0 Å². The highest BCUT2D eigenvalue weighted by Gasteiger charge is 2.19. The second-order valence-electron chi connectivity index (χ2n) is 19.6. The van der Waals surface area contributed by atoms with Gasteiger partial charge in [-0.2, -0.15) is 0 Å². The van der Waals surface area contributed by atoms with E-state index in [4.69, 9.17) is 14.2 Å². The molecule has 0 aromatic heterocycles. The van der Waals surface area contributed by atoms with Crippen molar-refractivity contribution in [1.82, 2.24) is 0 Å². The fourth-order valence-corrected chi connectivity index (χ4v) is 8.47. The molecule has 0 N–H and O–H groups in total. The minimum atomic E-state index is -0.773. The van der Waals surface area contributed by atoms with Gasteiger partial charge in [0.05, 0.1) is 0 Å². The molecule has 1 unspecified atom stereocenters. The van der Waals surface area contributed by atoms with Crippen molar-refractivity contribution in [2.75, 3.05) is 13.2 Å². The van der Waals surface area contributed by atoms with Crippen LogP contribution in [0.3, 0.4) is 0 Å². The number of hydrogen-bond donors (Lipinski definition) is 0. The van der Waals surface area contributed by atoms with Crippen LogP contribution in [0.15, 0.2) is 36.5 Å². The van der Waals surface area contributed by atoms with E-state index >= 15 is 0 Å². The highest BCUT2D eigenvalue weighted by molar-refractivity contribution is 5.71. The van der Waals surface area contributed by atoms with Crippen molar-refractivity contribution in [3.63, 3.8) is 0 Å². The standard InChI is InChI=1S/C60H110O6/c1-4-7-10-13-16-19-22-25-26-27-28-29-30-31-32-33-34-36-38-41-44-47-50-53-59(62)65-56-57(55-64-58(61)52-49-46-43-40-37-24-21-18-15-12-9-6-3)66-60(63)54-51-48-45-42-39-35-23-20-17-14-11-8-5-2/h20,22-23,25,27-28,57H,4-19,21,24,26,29-56H2,1-3H3/b23-20-,25-22-,28-27-. The molecular weight excluding hydrogens is 817 g/mol. The lowest BCUT2D eigenvalue weighted by atomic mass is 10.0. The van der Waals surface area contributed by atoms with Crippen LogP contribution in [0.25, 0.3) is 0 Å². The smallest absolute Gasteiger partial charge is 0.306 e. The molecule has 0 aliphatic carbocycles. The topological polar surface area (TPSA) is 78.9 Å². The first kappa shape index (κ1) is 63.6. The predicted molar refractivity (Wildman–Crippen MR) is 284 cm³/mol. The number of carbonyl (C=O) groups excluding carboxylic acids is 3. The van der Waals surface area contributed by atoms with Gasteiger partial charge in [-0.05, 0) is 77.0 Å². The third kappa shape index (κ3) is 52.6. The zero-order valence-electron chi connectivity index (χ0n) is 44.2. The lowest BCUT2D eigenvalue weighted by Gasteiger charge is -2.18. The lowest BCUT2D eigenvalue weighted by Crippen LogP contribution is -2.30. The molecule has 0 heterocycles. The Hall–Kier alpha value is -2.37. The zero-order valence-corrected chi connectivity index (χ0v) is 44.2. The van der Waals surface area contributed by atoms with Crippen molar-refractivity contribution in [2.45, 2.75) is 316 Å². The average Bonchev–Trinajstić information content (AvgIpc) is 3.31. The minimum Gasteiger partial charge on any atom is -0.462 e. The fourth-order valence-electron chi connectivity index (χ4n) is 8.47. The number of unbranched alkanes of at least 4 members (excludes halogenated alkanes) is 36. The van der Waals surface area contributed by atoms with Gasteiger partial charge in [-0.1, -0.05) is 250 Å². The molecule has 66 heavy (non-hydrogen) atoms. The van der Waals surface area contributed by atoms with Gasteiger partial charge in [0.2, 0.25) is 0 Å². The number of rotatable bonds is 53. The van der Waals surface area contributed by atoms with E-state index in [1.807, 2.05) is 0 Å². The van der Waals surface area contributed by atoms with Crippen LogP contribution in [-0.2, 0) is 28.6 Å². The summed E-state index contributed by atoms with van der Waals surface area (Å²) in [7, 11) is 0. The number of allylic oxidation sites excluding steroid dienone is 6. The monoisotopic (exact) mass is 927 g/mol. The van der Waals surface area contributed by atoms with Gasteiger partial charge in [0.15, 0.2) is 6.10 Å². The van der Waals surface area contributed by atoms with Crippen LogP contribution in [0.1, 0.15) is 310 Å². The Balaban J connectivity index is 4.25. The van der Waals surface area contributed by atoms with Gasteiger partial charge >= 0.3 is 17.9 Å². The quantitative estimate of drug-likeness (QED) is 0.0262. The predicted octanol–water partition coefficient (Wildman–Crippen LogP) is 19.3. The first-order chi connectivity index (χ1) is 32.5. The van der Waals surface area contributed by atoms with Crippen molar-refractivity contribution >= 4 is 17.9 Å². The van der Waals surface area contributed by atoms with Gasteiger partial charge in [-0.15, -0.1) is 0 Å². The van der Waals surface area contributed by atoms with Crippen LogP contribution < -0.4 is 0 Å². The summed E-state index contributed by atoms with van der Waals surface area (Å²) in [4.78, 5) is 38.1. The molecule has 0 aliphatic heterocycles. The lowest BCUT2D eigenvalue weighted by molar-refractivity contribution is -0.167. The second kappa shape index (κ2) is 55.2. The molecular formula is C60H110O6. The van der Waals surface area contributed by atoms with Gasteiger partial charge in [0.25, 0.3) is 0 Å². The summed E-state index contributed by atoms with van der Waals surface area (Å²) in [5.74, 6) is -0.868. The van der Waals surface area contributed by atoms with Crippen LogP contribution in [0.2, 0.25) is 0 Å². The molecule has 0 aromatic rings. The van der Waals surface area contributed by atoms with Crippen LogP contribution in [-0.4, -0.2) is 37.2 Å². The van der Waals surface area contributed by atoms with E-state index < -0.39 is 6.10 Å². The van der Waals surface area contributed by atoms with Crippen LogP contribution in [0.5, 0.6) is 0 Å². The summed E-state index contributed by atoms with van der Waals surface area (Å²) >= 11 is 0. The molecule has 1 atom stereocenters. The number of esters is 3. The molecule has 0 fully saturated rings. The van der Waals surface area contributed by atoms with E-state index in [9.17, 15) is 14.4 Å². The third-order valence-electron chi connectivity index (χ3n) is 12.9. The summed E-state index contributed by atoms with van der Waals surface area (Å²) in [6.07, 6.45) is 65.7. The van der Waals surface area contributed by atoms with Crippen LogP contribution >= 0.6 is 0 Å². The van der Waals surface area contributed by atoms with Gasteiger partial charge in [-0.3, -0.25) is 14.4 Å². The second-order valence-corrected chi connectivity index (χ2v) is 19.6. The number of ether oxygens (including phenoxy) is 3. The zero-order chi connectivity index (χ0) is 47.9. The molecule has 0 bridgehead atoms. The maximum absolute atomic E-state index is 12.8. The van der Waals surface area contributed by atoms with E-state index in [-0.39, 0.29) is 31.1 Å². The summed E-state index contributed by atoms with van der Waals surface area (Å²) in [5.41, 5.74) is 0. The Morgan fingerprint density at radius 1 is 0.303 bits per heavy atom. The fraction of sp³-hybridized carbons (Fsp3) is 0.850. The number of hydrogen-bond acceptors (Lipinski definition) is 6. The van der Waals surface area contributed by atoms with Gasteiger partial charge in [0.1, 0.15) is 13.2 Å². The van der Waals surface area contributed by atoms with Gasteiger partial charge < -0.3 is 14.2 Å². The Morgan fingerprint density at radius 3 is 0.864 bits per heavy atom. The number of carbonyl (C=O) groups is 3. The summed E-state index contributed by atoms with van der Waals surface area (Å²) in [5, 5.41) is 0. The van der Waals surface area contributed by atoms with Crippen molar-refractivity contribution in [3.8, 4) is 0 Å². The molecule has 0 saturated heterocycles. The van der Waals surface area contributed by atoms with Crippen molar-refractivity contribution in [3.05, 3.63) is 36.5 Å². The van der Waals surface area contributed by atoms with Crippen LogP contribution in [0.4, 0.5) is 0 Å². The minimum absolute atomic E-state index is 0.0724. The largest absolute Gasteiger partial charge is 0.462 e. The molecule has 0 rings (SSSR count). The Morgan fingerprint density at radius 2 is 0.545 bits per heavy atom. The third-order valence-corrected chi connectivity index (χ3v) is 12.9. The average molecular weight is 928 g/mol. The van der Waals surface area contributed by atoms with Gasteiger partial charge in [-0.25, -0.2) is 0 Å². The molecule has 0 saturated carbocycles. The SMILES string of the molecule is CCCCCC/C=C\CCCCCCCC(=O)OC(COC(=O)CCCCCCCCCCCCCC)COC(=O)CCCCCCCCCCCCC/C=C\C/C=C\CCCCCCC. The van der Waals surface area contributed by atoms with E-state index in [0.717, 1.165) is 70.6 Å². The van der Waals surface area contributed by atoms with E-state index in [2.05, 4.69) is 57.2 Å². The van der Waals surface area contributed by atoms with Crippen molar-refractivity contribution < 1.29 is 28.6 Å². The maximum atomic E-state index is 12.8. The molecule has 0 radical (unpaired) electrons. The molecule has 0 spiro atoms. The van der Waals surface area contributed by atoms with E-state index in [1.165, 1.54) is 199 Å².